The minimum atomic E-state index is -0.982. The van der Waals surface area contributed by atoms with Crippen molar-refractivity contribution in [1.82, 2.24) is 31.6 Å². The van der Waals surface area contributed by atoms with Gasteiger partial charge in [0.15, 0.2) is 0 Å². The molecule has 4 aliphatic rings. The fraction of sp³-hybridized carbons (Fsp3) is 0.357. The first kappa shape index (κ1) is 26.4. The molecule has 1 amide bonds. The molecule has 2 aromatic rings. The molecule has 2 fully saturated rings. The summed E-state index contributed by atoms with van der Waals surface area (Å²) in [5.74, 6) is -1.23. The monoisotopic (exact) mass is 551 g/mol. The number of fused-ring (bicyclic) bond motifs is 2. The molecule has 0 saturated carbocycles. The van der Waals surface area contributed by atoms with Gasteiger partial charge in [-0.25, -0.2) is 24.6 Å². The van der Waals surface area contributed by atoms with Crippen LogP contribution in [0.1, 0.15) is 35.7 Å². The van der Waals surface area contributed by atoms with E-state index in [9.17, 15) is 18.7 Å². The second kappa shape index (κ2) is 10.6. The Balaban J connectivity index is 1.17. The Morgan fingerprint density at radius 1 is 1.23 bits per heavy atom. The normalized spacial score (nSPS) is 21.6. The van der Waals surface area contributed by atoms with Crippen molar-refractivity contribution < 1.29 is 23.4 Å². The molecule has 0 spiro atoms. The zero-order valence-corrected chi connectivity index (χ0v) is 22.0. The van der Waals surface area contributed by atoms with Crippen molar-refractivity contribution in [3.63, 3.8) is 0 Å². The highest BCUT2D eigenvalue weighted by atomic mass is 19.1. The average molecular weight is 552 g/mol. The Bertz CT molecular complexity index is 1380. The number of amides is 1. The summed E-state index contributed by atoms with van der Waals surface area (Å²) >= 11 is 0. The zero-order chi connectivity index (χ0) is 27.9. The van der Waals surface area contributed by atoms with Crippen LogP contribution in [0.3, 0.4) is 0 Å². The summed E-state index contributed by atoms with van der Waals surface area (Å²) in [4.78, 5) is 19.5. The van der Waals surface area contributed by atoms with Gasteiger partial charge in [-0.15, -0.1) is 0 Å². The number of nitrogens with one attached hydrogen (secondary N) is 4. The van der Waals surface area contributed by atoms with E-state index in [1.165, 1.54) is 11.6 Å². The lowest BCUT2D eigenvalue weighted by Gasteiger charge is -2.41. The number of aliphatic hydroxyl groups excluding tert-OH is 1. The first-order chi connectivity index (χ1) is 19.4. The van der Waals surface area contributed by atoms with Gasteiger partial charge in [-0.1, -0.05) is 6.07 Å². The number of carbonyl (C=O) groups is 1. The molecule has 5 N–H and O–H groups in total. The number of pyridine rings is 1. The summed E-state index contributed by atoms with van der Waals surface area (Å²) in [5.41, 5.74) is 12.4. The van der Waals surface area contributed by atoms with E-state index in [1.807, 2.05) is 42.5 Å². The van der Waals surface area contributed by atoms with Crippen LogP contribution in [0.25, 0.3) is 5.57 Å². The third kappa shape index (κ3) is 4.73. The Kier molecular flexibility index (Phi) is 7.00. The van der Waals surface area contributed by atoms with Gasteiger partial charge in [0.05, 0.1) is 30.6 Å². The van der Waals surface area contributed by atoms with Crippen molar-refractivity contribution in [2.24, 2.45) is 0 Å². The molecule has 12 heteroatoms. The van der Waals surface area contributed by atoms with Gasteiger partial charge in [0.1, 0.15) is 34.9 Å². The van der Waals surface area contributed by atoms with Crippen LogP contribution < -0.4 is 26.5 Å². The number of ether oxygens (including phenoxy) is 1. The lowest BCUT2D eigenvalue weighted by Crippen LogP contribution is -2.58. The molecule has 2 saturated heterocycles. The van der Waals surface area contributed by atoms with Crippen molar-refractivity contribution in [1.29, 1.82) is 0 Å². The molecule has 1 aromatic heterocycles. The van der Waals surface area contributed by atoms with Gasteiger partial charge in [0.25, 0.3) is 5.91 Å². The number of allylic oxidation sites excluding steroid dienone is 2. The molecule has 1 aromatic carbocycles. The van der Waals surface area contributed by atoms with Crippen molar-refractivity contribution in [2.45, 2.75) is 31.5 Å². The maximum atomic E-state index is 14.1. The van der Waals surface area contributed by atoms with Gasteiger partial charge >= 0.3 is 0 Å². The summed E-state index contributed by atoms with van der Waals surface area (Å²) in [5, 5.41) is 14.8. The predicted octanol–water partition coefficient (Wildman–Crippen LogP) is 1.90. The van der Waals surface area contributed by atoms with Crippen LogP contribution in [0.4, 0.5) is 14.6 Å². The van der Waals surface area contributed by atoms with E-state index in [2.05, 4.69) is 26.5 Å². The SMILES string of the molecule is CCOC1=CN2NC3NNCC3=C2C(c2ccc(N3CCC(CO)(NC(=O)c4c(F)cccc4F)CC3)nc2)=C1. The minimum Gasteiger partial charge on any atom is -0.492 e. The number of carbonyl (C=O) groups excluding carboxylic acids is 1. The maximum Gasteiger partial charge on any atom is 0.257 e. The number of anilines is 1. The Morgan fingerprint density at radius 2 is 2.00 bits per heavy atom. The summed E-state index contributed by atoms with van der Waals surface area (Å²) in [6.45, 7) is 3.87. The maximum absolute atomic E-state index is 14.1. The van der Waals surface area contributed by atoms with Crippen LogP contribution in [0.5, 0.6) is 0 Å². The average Bonchev–Trinajstić information content (AvgIpc) is 3.55. The second-order valence-corrected chi connectivity index (χ2v) is 10.2. The molecule has 10 nitrogen and oxygen atoms in total. The quantitative estimate of drug-likeness (QED) is 0.352. The minimum absolute atomic E-state index is 0.00151. The zero-order valence-electron chi connectivity index (χ0n) is 22.0. The van der Waals surface area contributed by atoms with Crippen molar-refractivity contribution in [3.8, 4) is 0 Å². The third-order valence-electron chi connectivity index (χ3n) is 7.77. The third-order valence-corrected chi connectivity index (χ3v) is 7.77. The summed E-state index contributed by atoms with van der Waals surface area (Å²) in [6, 6.07) is 7.26. The standard InChI is InChI=1S/C28H31F2N7O3/c1-2-40-18-12-19(25-20-14-32-34-26(20)35-37(25)15-18)17-6-7-23(31-13-17)36-10-8-28(16-38,9-11-36)33-27(39)24-21(29)4-3-5-22(24)30/h3-7,12-13,15,26,32,34-35,38H,2,8-11,14,16H2,1H3,(H,33,39). The van der Waals surface area contributed by atoms with Gasteiger partial charge in [-0.2, -0.15) is 0 Å². The number of hydrogen-bond acceptors (Lipinski definition) is 9. The highest BCUT2D eigenvalue weighted by molar-refractivity contribution is 5.95. The Labute approximate surface area is 230 Å². The van der Waals surface area contributed by atoms with Gasteiger partial charge in [-0.05, 0) is 50.1 Å². The van der Waals surface area contributed by atoms with E-state index in [0.717, 1.165) is 40.5 Å². The van der Waals surface area contributed by atoms with Crippen molar-refractivity contribution >= 4 is 17.3 Å². The summed E-state index contributed by atoms with van der Waals surface area (Å²) in [7, 11) is 0. The fourth-order valence-electron chi connectivity index (χ4n) is 5.61. The number of hydrogen-bond donors (Lipinski definition) is 5. The largest absolute Gasteiger partial charge is 0.492 e. The number of nitrogens with zero attached hydrogens (tertiary/aromatic N) is 3. The Morgan fingerprint density at radius 3 is 2.67 bits per heavy atom. The summed E-state index contributed by atoms with van der Waals surface area (Å²) < 4.78 is 34.0. The molecule has 40 heavy (non-hydrogen) atoms. The number of aromatic nitrogens is 1. The number of piperidine rings is 1. The first-order valence-corrected chi connectivity index (χ1v) is 13.3. The lowest BCUT2D eigenvalue weighted by molar-refractivity contribution is 0.0779. The molecule has 6 rings (SSSR count). The number of benzene rings is 1. The van der Waals surface area contributed by atoms with Gasteiger partial charge in [0, 0.05) is 42.5 Å². The van der Waals surface area contributed by atoms with E-state index < -0.39 is 28.6 Å². The van der Waals surface area contributed by atoms with E-state index in [4.69, 9.17) is 9.72 Å². The second-order valence-electron chi connectivity index (χ2n) is 10.2. The number of halogens is 2. The van der Waals surface area contributed by atoms with E-state index in [1.54, 1.807) is 0 Å². The molecule has 0 bridgehead atoms. The van der Waals surface area contributed by atoms with E-state index >= 15 is 0 Å². The molecular formula is C28H31F2N7O3. The molecule has 4 aliphatic heterocycles. The molecule has 210 valence electrons. The molecule has 0 aliphatic carbocycles. The van der Waals surface area contributed by atoms with Crippen molar-refractivity contribution in [2.75, 3.05) is 37.7 Å². The number of hydrazine groups is 2. The van der Waals surface area contributed by atoms with E-state index in [0.29, 0.717) is 39.1 Å². The molecule has 1 unspecified atom stereocenters. The fourth-order valence-corrected chi connectivity index (χ4v) is 5.61. The van der Waals surface area contributed by atoms with Crippen LogP contribution in [-0.2, 0) is 4.74 Å². The molecule has 0 radical (unpaired) electrons. The van der Waals surface area contributed by atoms with Crippen LogP contribution in [0, 0.1) is 11.6 Å². The predicted molar refractivity (Wildman–Crippen MR) is 144 cm³/mol. The van der Waals surface area contributed by atoms with Crippen LogP contribution in [0.2, 0.25) is 0 Å². The van der Waals surface area contributed by atoms with Crippen molar-refractivity contribution in [3.05, 3.63) is 88.6 Å². The number of aliphatic hydroxyl groups is 1. The van der Waals surface area contributed by atoms with Crippen LogP contribution in [0.15, 0.2) is 65.8 Å². The lowest BCUT2D eigenvalue weighted by atomic mass is 9.87. The van der Waals surface area contributed by atoms with Crippen LogP contribution in [-0.4, -0.2) is 65.6 Å². The molecular weight excluding hydrogens is 520 g/mol. The highest BCUT2D eigenvalue weighted by Gasteiger charge is 2.39. The van der Waals surface area contributed by atoms with Crippen LogP contribution >= 0.6 is 0 Å². The highest BCUT2D eigenvalue weighted by Crippen LogP contribution is 2.38. The van der Waals surface area contributed by atoms with Gasteiger partial charge < -0.3 is 20.1 Å². The summed E-state index contributed by atoms with van der Waals surface area (Å²) in [6.07, 6.45) is 6.58. The first-order valence-electron chi connectivity index (χ1n) is 13.3. The Hall–Kier alpha value is -3.84. The van der Waals surface area contributed by atoms with Gasteiger partial charge in [0.2, 0.25) is 0 Å². The van der Waals surface area contributed by atoms with Gasteiger partial charge in [-0.3, -0.25) is 15.2 Å². The smallest absolute Gasteiger partial charge is 0.257 e. The number of rotatable bonds is 7. The molecule has 5 heterocycles. The van der Waals surface area contributed by atoms with E-state index in [-0.39, 0.29) is 12.8 Å². The topological polar surface area (TPSA) is 114 Å². The molecule has 1 atom stereocenters.